The molecule has 0 spiro atoms. The van der Waals surface area contributed by atoms with Gasteiger partial charge in [0, 0.05) is 6.42 Å². The fourth-order valence-electron chi connectivity index (χ4n) is 5.78. The predicted octanol–water partition coefficient (Wildman–Crippen LogP) is 3.94. The summed E-state index contributed by atoms with van der Waals surface area (Å²) in [6.45, 7) is 4.38. The lowest BCUT2D eigenvalue weighted by Crippen LogP contribution is -2.48. The third kappa shape index (κ3) is 1.78. The Kier molecular flexibility index (Phi) is 2.83. The van der Waals surface area contributed by atoms with Gasteiger partial charge in [-0.25, -0.2) is 0 Å². The molecule has 114 valence electrons. The van der Waals surface area contributed by atoms with E-state index >= 15 is 0 Å². The zero-order valence-electron chi connectivity index (χ0n) is 13.2. The molecule has 2 saturated carbocycles. The van der Waals surface area contributed by atoms with Crippen LogP contribution in [0.2, 0.25) is 0 Å². The first-order valence-corrected chi connectivity index (χ1v) is 8.60. The van der Waals surface area contributed by atoms with Gasteiger partial charge in [0.15, 0.2) is 5.78 Å². The number of fused-ring (bicyclic) bond motifs is 4. The molecule has 0 amide bonds. The Bertz CT molecular complexity index is 566. The predicted molar refractivity (Wildman–Crippen MR) is 82.8 cm³/mol. The van der Waals surface area contributed by atoms with Crippen molar-refractivity contribution in [2.75, 3.05) is 0 Å². The van der Waals surface area contributed by atoms with Gasteiger partial charge in [-0.3, -0.25) is 4.79 Å². The van der Waals surface area contributed by atoms with Crippen LogP contribution >= 0.6 is 0 Å². The molecule has 0 radical (unpaired) electrons. The molecule has 0 bridgehead atoms. The first-order chi connectivity index (χ1) is 9.92. The van der Waals surface area contributed by atoms with Crippen LogP contribution in [0.5, 0.6) is 0 Å². The van der Waals surface area contributed by atoms with Crippen LogP contribution in [-0.4, -0.2) is 16.5 Å². The van der Waals surface area contributed by atoms with Crippen molar-refractivity contribution >= 4 is 5.78 Å². The van der Waals surface area contributed by atoms with E-state index in [2.05, 4.69) is 13.8 Å². The van der Waals surface area contributed by atoms with E-state index in [1.807, 2.05) is 6.08 Å². The average Bonchev–Trinajstić information content (AvgIpc) is 2.69. The van der Waals surface area contributed by atoms with Crippen molar-refractivity contribution in [3.8, 4) is 0 Å². The Morgan fingerprint density at radius 3 is 2.71 bits per heavy atom. The zero-order chi connectivity index (χ0) is 14.8. The standard InChI is InChI=1S/C19H26O2/c1-18-9-7-15-14-6-4-13(20)11-12(14)3-5-16(15)17(18)8-10-19(18,2)21/h11,16-17,21H,3-10H2,1-2H3. The van der Waals surface area contributed by atoms with Gasteiger partial charge in [-0.1, -0.05) is 12.5 Å². The number of carbonyl (C=O) groups excluding carboxylic acids is 1. The second-order valence-corrected chi connectivity index (χ2v) is 8.12. The largest absolute Gasteiger partial charge is 0.390 e. The molecule has 4 aliphatic carbocycles. The van der Waals surface area contributed by atoms with E-state index < -0.39 is 5.60 Å². The van der Waals surface area contributed by atoms with Gasteiger partial charge in [0.1, 0.15) is 0 Å². The Morgan fingerprint density at radius 2 is 1.90 bits per heavy atom. The Labute approximate surface area is 127 Å². The summed E-state index contributed by atoms with van der Waals surface area (Å²) in [5.74, 6) is 1.62. The van der Waals surface area contributed by atoms with E-state index in [0.29, 0.717) is 24.0 Å². The van der Waals surface area contributed by atoms with Crippen LogP contribution in [0.4, 0.5) is 0 Å². The van der Waals surface area contributed by atoms with Gasteiger partial charge in [0.05, 0.1) is 5.60 Å². The fraction of sp³-hybridized carbons (Fsp3) is 0.737. The molecule has 2 fully saturated rings. The Balaban J connectivity index is 1.75. The van der Waals surface area contributed by atoms with Crippen molar-refractivity contribution in [1.82, 2.24) is 0 Å². The van der Waals surface area contributed by atoms with Crippen LogP contribution in [0.3, 0.4) is 0 Å². The summed E-state index contributed by atoms with van der Waals surface area (Å²) in [5, 5.41) is 10.8. The van der Waals surface area contributed by atoms with E-state index in [1.54, 1.807) is 5.57 Å². The highest BCUT2D eigenvalue weighted by Crippen LogP contribution is 2.63. The van der Waals surface area contributed by atoms with Crippen molar-refractivity contribution in [3.63, 3.8) is 0 Å². The fourth-order valence-corrected chi connectivity index (χ4v) is 5.78. The monoisotopic (exact) mass is 286 g/mol. The molecule has 4 atom stereocenters. The van der Waals surface area contributed by atoms with Gasteiger partial charge in [0.2, 0.25) is 0 Å². The SMILES string of the molecule is CC1(O)CCC2C3CCC4=CC(=O)CCC4=C3CCC21C. The van der Waals surface area contributed by atoms with Gasteiger partial charge in [0.25, 0.3) is 0 Å². The third-order valence-corrected chi connectivity index (χ3v) is 7.29. The molecule has 0 aromatic carbocycles. The molecule has 4 rings (SSSR count). The maximum Gasteiger partial charge on any atom is 0.156 e. The lowest BCUT2D eigenvalue weighted by atomic mass is 9.55. The molecule has 4 unspecified atom stereocenters. The van der Waals surface area contributed by atoms with Crippen LogP contribution in [0, 0.1) is 17.3 Å². The molecule has 0 aliphatic heterocycles. The first-order valence-electron chi connectivity index (χ1n) is 8.60. The topological polar surface area (TPSA) is 37.3 Å². The van der Waals surface area contributed by atoms with E-state index in [9.17, 15) is 9.90 Å². The maximum atomic E-state index is 11.7. The minimum atomic E-state index is -0.494. The number of hydrogen-bond donors (Lipinski definition) is 1. The minimum Gasteiger partial charge on any atom is -0.390 e. The quantitative estimate of drug-likeness (QED) is 0.732. The van der Waals surface area contributed by atoms with Crippen molar-refractivity contribution in [1.29, 1.82) is 0 Å². The Morgan fingerprint density at radius 1 is 1.10 bits per heavy atom. The maximum absolute atomic E-state index is 11.7. The molecule has 2 heteroatoms. The second-order valence-electron chi connectivity index (χ2n) is 8.12. The van der Waals surface area contributed by atoms with Gasteiger partial charge < -0.3 is 5.11 Å². The van der Waals surface area contributed by atoms with Gasteiger partial charge in [-0.15, -0.1) is 0 Å². The molecule has 0 aromatic rings. The van der Waals surface area contributed by atoms with Crippen molar-refractivity contribution in [2.24, 2.45) is 17.3 Å². The first kappa shape index (κ1) is 13.8. The Hall–Kier alpha value is -0.890. The van der Waals surface area contributed by atoms with E-state index in [-0.39, 0.29) is 5.41 Å². The zero-order valence-corrected chi connectivity index (χ0v) is 13.2. The average molecular weight is 286 g/mol. The third-order valence-electron chi connectivity index (χ3n) is 7.29. The van der Waals surface area contributed by atoms with Crippen LogP contribution in [-0.2, 0) is 4.79 Å². The molecule has 0 aromatic heterocycles. The summed E-state index contributed by atoms with van der Waals surface area (Å²) in [4.78, 5) is 11.7. The summed E-state index contributed by atoms with van der Waals surface area (Å²) in [6.07, 6.45) is 10.2. The molecule has 0 heterocycles. The van der Waals surface area contributed by atoms with Gasteiger partial charge >= 0.3 is 0 Å². The molecule has 1 N–H and O–H groups in total. The van der Waals surface area contributed by atoms with Crippen molar-refractivity contribution in [3.05, 3.63) is 22.8 Å². The molecule has 4 aliphatic rings. The highest BCUT2D eigenvalue weighted by atomic mass is 16.3. The van der Waals surface area contributed by atoms with Crippen LogP contribution in [0.15, 0.2) is 22.8 Å². The number of rotatable bonds is 0. The highest BCUT2D eigenvalue weighted by Gasteiger charge is 2.58. The smallest absolute Gasteiger partial charge is 0.156 e. The van der Waals surface area contributed by atoms with E-state index in [4.69, 9.17) is 0 Å². The number of carbonyl (C=O) groups is 1. The van der Waals surface area contributed by atoms with E-state index in [0.717, 1.165) is 32.1 Å². The second kappa shape index (κ2) is 4.32. The summed E-state index contributed by atoms with van der Waals surface area (Å²) < 4.78 is 0. The van der Waals surface area contributed by atoms with Crippen LogP contribution in [0.1, 0.15) is 65.2 Å². The number of ketones is 1. The summed E-state index contributed by atoms with van der Waals surface area (Å²) in [5.41, 5.74) is 4.12. The summed E-state index contributed by atoms with van der Waals surface area (Å²) >= 11 is 0. The number of allylic oxidation sites excluding steroid dienone is 4. The molecule has 21 heavy (non-hydrogen) atoms. The molecular weight excluding hydrogens is 260 g/mol. The summed E-state index contributed by atoms with van der Waals surface area (Å²) in [7, 11) is 0. The lowest BCUT2D eigenvalue weighted by molar-refractivity contribution is -0.114. The summed E-state index contributed by atoms with van der Waals surface area (Å²) in [6, 6.07) is 0. The molecular formula is C19H26O2. The molecule has 0 saturated heterocycles. The number of aliphatic hydroxyl groups is 1. The van der Waals surface area contributed by atoms with E-state index in [1.165, 1.54) is 24.0 Å². The van der Waals surface area contributed by atoms with Gasteiger partial charge in [-0.2, -0.15) is 0 Å². The highest BCUT2D eigenvalue weighted by molar-refractivity contribution is 5.93. The minimum absolute atomic E-state index is 0.0907. The van der Waals surface area contributed by atoms with Crippen LogP contribution < -0.4 is 0 Å². The normalized spacial score (nSPS) is 45.9. The molecule has 2 nitrogen and oxygen atoms in total. The van der Waals surface area contributed by atoms with Gasteiger partial charge in [-0.05, 0) is 86.3 Å². The van der Waals surface area contributed by atoms with Crippen LogP contribution in [0.25, 0.3) is 0 Å². The van der Waals surface area contributed by atoms with Crippen molar-refractivity contribution in [2.45, 2.75) is 70.8 Å². The number of hydrogen-bond acceptors (Lipinski definition) is 2. The van der Waals surface area contributed by atoms with Crippen molar-refractivity contribution < 1.29 is 9.90 Å². The lowest BCUT2D eigenvalue weighted by Gasteiger charge is -2.51.